The van der Waals surface area contributed by atoms with E-state index in [1.54, 1.807) is 18.3 Å². The first-order valence-electron chi connectivity index (χ1n) is 11.2. The molecule has 1 aliphatic heterocycles. The van der Waals surface area contributed by atoms with E-state index in [4.69, 9.17) is 33.7 Å². The minimum absolute atomic E-state index is 0. The lowest BCUT2D eigenvalue weighted by atomic mass is 10.0. The molecule has 2 aromatic heterocycles. The second kappa shape index (κ2) is 12.2. The van der Waals surface area contributed by atoms with Crippen molar-refractivity contribution in [3.8, 4) is 11.4 Å². The summed E-state index contributed by atoms with van der Waals surface area (Å²) >= 11 is 12.5. The summed E-state index contributed by atoms with van der Waals surface area (Å²) < 4.78 is 6.14. The van der Waals surface area contributed by atoms with Crippen LogP contribution in [0.3, 0.4) is 0 Å². The molecule has 3 aromatic rings. The monoisotopic (exact) mass is 532 g/mol. The molecule has 0 bridgehead atoms. The molecule has 1 saturated carbocycles. The van der Waals surface area contributed by atoms with E-state index in [0.717, 1.165) is 22.7 Å². The van der Waals surface area contributed by atoms with Crippen LogP contribution in [-0.2, 0) is 0 Å². The van der Waals surface area contributed by atoms with Gasteiger partial charge in [-0.1, -0.05) is 37.0 Å². The molecule has 2 aliphatic rings. The Kier molecular flexibility index (Phi) is 9.31. The molecule has 36 heavy (non-hydrogen) atoms. The number of benzene rings is 1. The van der Waals surface area contributed by atoms with E-state index in [2.05, 4.69) is 20.6 Å². The van der Waals surface area contributed by atoms with Gasteiger partial charge in [0, 0.05) is 18.3 Å². The van der Waals surface area contributed by atoms with Gasteiger partial charge in [-0.3, -0.25) is 19.1 Å². The molecule has 1 saturated heterocycles. The second-order valence-electron chi connectivity index (χ2n) is 8.42. The van der Waals surface area contributed by atoms with Crippen LogP contribution in [0.2, 0.25) is 10.0 Å². The lowest BCUT2D eigenvalue weighted by Gasteiger charge is -2.13. The lowest BCUT2D eigenvalue weighted by molar-refractivity contribution is 0.102. The number of hydrogen-bond acceptors (Lipinski definition) is 7. The summed E-state index contributed by atoms with van der Waals surface area (Å²) in [7, 11) is 1.46. The van der Waals surface area contributed by atoms with E-state index in [1.807, 2.05) is 0 Å². The molecule has 2 fully saturated rings. The minimum Gasteiger partial charge on any atom is -0.497 e. The fourth-order valence-electron chi connectivity index (χ4n) is 4.47. The van der Waals surface area contributed by atoms with Crippen LogP contribution >= 0.6 is 23.2 Å². The number of carbonyl (C=O) groups is 1. The third-order valence-corrected chi connectivity index (χ3v) is 6.82. The summed E-state index contributed by atoms with van der Waals surface area (Å²) in [5, 5.41) is 6.26. The van der Waals surface area contributed by atoms with Crippen molar-refractivity contribution in [1.29, 1.82) is 0 Å². The molecule has 3 heterocycles. The fourth-order valence-corrected chi connectivity index (χ4v) is 5.11. The third kappa shape index (κ3) is 5.98. The highest BCUT2D eigenvalue weighted by Crippen LogP contribution is 2.34. The van der Waals surface area contributed by atoms with Crippen LogP contribution in [0.5, 0.6) is 5.75 Å². The Morgan fingerprint density at radius 3 is 2.47 bits per heavy atom. The number of nitrogen functional groups attached to an aromatic ring is 1. The molecule has 1 aliphatic carbocycles. The molecular formula is C25H30Cl2N6O3. The quantitative estimate of drug-likeness (QED) is 0.454. The van der Waals surface area contributed by atoms with Gasteiger partial charge in [0.15, 0.2) is 0 Å². The van der Waals surface area contributed by atoms with Crippen molar-refractivity contribution < 1.29 is 9.53 Å². The van der Waals surface area contributed by atoms with Crippen molar-refractivity contribution in [2.45, 2.75) is 26.7 Å². The zero-order valence-corrected chi connectivity index (χ0v) is 20.6. The van der Waals surface area contributed by atoms with Gasteiger partial charge in [-0.2, -0.15) is 0 Å². The molecule has 4 N–H and O–H groups in total. The van der Waals surface area contributed by atoms with Crippen molar-refractivity contribution in [1.82, 2.24) is 19.9 Å². The van der Waals surface area contributed by atoms with Crippen LogP contribution in [0.15, 0.2) is 47.8 Å². The maximum atomic E-state index is 12.9. The average molecular weight is 533 g/mol. The van der Waals surface area contributed by atoms with Gasteiger partial charge in [-0.25, -0.2) is 4.98 Å². The van der Waals surface area contributed by atoms with Crippen molar-refractivity contribution in [2.24, 2.45) is 11.8 Å². The number of aromatic nitrogens is 3. The number of anilines is 2. The Balaban J connectivity index is 0.000000337. The van der Waals surface area contributed by atoms with E-state index in [1.165, 1.54) is 57.8 Å². The van der Waals surface area contributed by atoms with Gasteiger partial charge >= 0.3 is 0 Å². The lowest BCUT2D eigenvalue weighted by Crippen LogP contribution is -2.31. The number of nitrogens with two attached hydrogens (primary N) is 1. The van der Waals surface area contributed by atoms with Crippen LogP contribution in [0.1, 0.15) is 37.0 Å². The number of methoxy groups -OCH3 is 1. The first kappa shape index (κ1) is 27.4. The van der Waals surface area contributed by atoms with Gasteiger partial charge in [-0.05, 0) is 49.9 Å². The number of carbonyl (C=O) groups excluding carboxylic acids is 1. The highest BCUT2D eigenvalue weighted by Gasteiger charge is 2.30. The first-order chi connectivity index (χ1) is 16.9. The highest BCUT2D eigenvalue weighted by atomic mass is 35.5. The van der Waals surface area contributed by atoms with Crippen LogP contribution in [0, 0.1) is 11.8 Å². The number of nitrogens with one attached hydrogen (secondary N) is 2. The van der Waals surface area contributed by atoms with Crippen molar-refractivity contribution in [3.63, 3.8) is 0 Å². The van der Waals surface area contributed by atoms with Gasteiger partial charge < -0.3 is 21.1 Å². The Morgan fingerprint density at radius 1 is 1.22 bits per heavy atom. The molecule has 192 valence electrons. The number of amides is 1. The molecule has 2 atom stereocenters. The van der Waals surface area contributed by atoms with Crippen LogP contribution in [0.25, 0.3) is 5.69 Å². The third-order valence-electron chi connectivity index (χ3n) is 6.24. The topological polar surface area (TPSA) is 124 Å². The molecule has 5 rings (SSSR count). The van der Waals surface area contributed by atoms with Gasteiger partial charge in [0.2, 0.25) is 0 Å². The minimum atomic E-state index is -0.729. The first-order valence-corrected chi connectivity index (χ1v) is 12.0. The van der Waals surface area contributed by atoms with Crippen LogP contribution in [-0.4, -0.2) is 40.6 Å². The summed E-state index contributed by atoms with van der Waals surface area (Å²) in [6.07, 6.45) is 8.62. The van der Waals surface area contributed by atoms with E-state index >= 15 is 0 Å². The molecule has 2 unspecified atom stereocenters. The summed E-state index contributed by atoms with van der Waals surface area (Å²) in [4.78, 5) is 33.3. The standard InChI is InChI=1S/C17H13Cl2N5O3.C7H13N.CH4/c1-27-10-5-11(18)14(12(19)6-10)24-8-22-15(20)13(17(24)26)16(25)23-9-3-2-4-21-7-9;1-2-6-4-8-5-7(6)3-1;/h2-8H,20H2,1H3,(H,23,25);6-8H,1-5H2;1H4. The molecular weight excluding hydrogens is 503 g/mol. The molecule has 1 amide bonds. The number of halogens is 2. The van der Waals surface area contributed by atoms with Crippen molar-refractivity contribution in [3.05, 3.63) is 68.9 Å². The average Bonchev–Trinajstić information content (AvgIpc) is 3.46. The van der Waals surface area contributed by atoms with Crippen LogP contribution in [0.4, 0.5) is 11.5 Å². The zero-order chi connectivity index (χ0) is 24.9. The SMILES string of the molecule is C.C1CC2CNCC2C1.COc1cc(Cl)c(-n2cnc(N)c(C(=O)Nc3cccnc3)c2=O)c(Cl)c1. The number of hydrogen-bond donors (Lipinski definition) is 3. The molecule has 0 spiro atoms. The molecule has 11 heteroatoms. The number of pyridine rings is 1. The number of ether oxygens (including phenoxy) is 1. The van der Waals surface area contributed by atoms with Gasteiger partial charge in [0.25, 0.3) is 11.5 Å². The summed E-state index contributed by atoms with van der Waals surface area (Å²) in [6.45, 7) is 2.62. The predicted molar refractivity (Wildman–Crippen MR) is 143 cm³/mol. The van der Waals surface area contributed by atoms with E-state index in [9.17, 15) is 9.59 Å². The summed E-state index contributed by atoms with van der Waals surface area (Å²) in [5.74, 6) is 1.59. The second-order valence-corrected chi connectivity index (χ2v) is 9.24. The largest absolute Gasteiger partial charge is 0.497 e. The Labute approximate surface area is 220 Å². The predicted octanol–water partition coefficient (Wildman–Crippen LogP) is 4.42. The maximum absolute atomic E-state index is 12.9. The smallest absolute Gasteiger partial charge is 0.273 e. The normalized spacial score (nSPS) is 17.9. The van der Waals surface area contributed by atoms with E-state index < -0.39 is 11.5 Å². The summed E-state index contributed by atoms with van der Waals surface area (Å²) in [6, 6.07) is 6.23. The van der Waals surface area contributed by atoms with Gasteiger partial charge in [-0.15, -0.1) is 0 Å². The number of nitrogens with zero attached hydrogens (tertiary/aromatic N) is 3. The Hall–Kier alpha value is -3.14. The van der Waals surface area contributed by atoms with Gasteiger partial charge in [0.1, 0.15) is 23.5 Å². The molecule has 0 radical (unpaired) electrons. The van der Waals surface area contributed by atoms with Crippen molar-refractivity contribution >= 4 is 40.6 Å². The number of fused-ring (bicyclic) bond motifs is 1. The van der Waals surface area contributed by atoms with E-state index in [-0.39, 0.29) is 34.5 Å². The number of rotatable bonds is 4. The highest BCUT2D eigenvalue weighted by molar-refractivity contribution is 6.38. The molecule has 9 nitrogen and oxygen atoms in total. The van der Waals surface area contributed by atoms with E-state index in [0.29, 0.717) is 11.4 Å². The zero-order valence-electron chi connectivity index (χ0n) is 19.1. The molecule has 1 aromatic carbocycles. The maximum Gasteiger partial charge on any atom is 0.273 e. The fraction of sp³-hybridized carbons (Fsp3) is 0.360. The van der Waals surface area contributed by atoms with Crippen LogP contribution < -0.4 is 26.7 Å². The van der Waals surface area contributed by atoms with Gasteiger partial charge in [0.05, 0.1) is 34.7 Å². The van der Waals surface area contributed by atoms with Crippen molar-refractivity contribution in [2.75, 3.05) is 31.2 Å². The summed E-state index contributed by atoms with van der Waals surface area (Å²) in [5.41, 5.74) is 5.25. The Bertz CT molecular complexity index is 1230. The Morgan fingerprint density at radius 2 is 1.89 bits per heavy atom.